The molecule has 0 radical (unpaired) electrons. The van der Waals surface area contributed by atoms with Gasteiger partial charge in [0.05, 0.1) is 18.2 Å². The Balaban J connectivity index is 1.62. The van der Waals surface area contributed by atoms with E-state index in [9.17, 15) is 4.57 Å². The molecular weight excluding hydrogens is 413 g/mol. The van der Waals surface area contributed by atoms with Crippen molar-refractivity contribution in [3.8, 4) is 11.9 Å². The fourth-order valence-corrected chi connectivity index (χ4v) is 2.95. The number of ether oxygens (including phenoxy) is 1. The van der Waals surface area contributed by atoms with Gasteiger partial charge in [-0.2, -0.15) is 5.26 Å². The van der Waals surface area contributed by atoms with Gasteiger partial charge in [-0.15, -0.1) is 0 Å². The summed E-state index contributed by atoms with van der Waals surface area (Å²) in [5.74, 6) is 0.880. The Morgan fingerprint density at radius 2 is 2.23 bits per heavy atom. The summed E-state index contributed by atoms with van der Waals surface area (Å²) in [6.45, 7) is -0.0930. The predicted octanol–water partition coefficient (Wildman–Crippen LogP) is 1.52. The molecule has 2 aromatic rings. The van der Waals surface area contributed by atoms with Gasteiger partial charge < -0.3 is 29.7 Å². The highest BCUT2D eigenvalue weighted by atomic mass is 31.2. The summed E-state index contributed by atoms with van der Waals surface area (Å²) in [7, 11) is -4.61. The van der Waals surface area contributed by atoms with Crippen molar-refractivity contribution in [2.75, 3.05) is 13.3 Å². The maximum absolute atomic E-state index is 10.9. The van der Waals surface area contributed by atoms with Gasteiger partial charge in [0.1, 0.15) is 19.5 Å². The van der Waals surface area contributed by atoms with Gasteiger partial charge >= 0.3 is 7.82 Å². The lowest BCUT2D eigenvalue weighted by Crippen LogP contribution is -2.41. The fourth-order valence-electron chi connectivity index (χ4n) is 2.66. The van der Waals surface area contributed by atoms with Crippen LogP contribution in [-0.4, -0.2) is 44.3 Å². The van der Waals surface area contributed by atoms with Crippen LogP contribution in [0.4, 0.5) is 0 Å². The number of pyridine rings is 1. The van der Waals surface area contributed by atoms with Crippen molar-refractivity contribution in [3.05, 3.63) is 59.8 Å². The number of hydrogen-bond acceptors (Lipinski definition) is 9. The molecular formula is C18H20N5O6P. The Bertz CT molecular complexity index is 1010. The highest BCUT2D eigenvalue weighted by Gasteiger charge is 2.25. The normalized spacial score (nSPS) is 16.3. The minimum Gasteiger partial charge on any atom is -0.477 e. The van der Waals surface area contributed by atoms with Crippen LogP contribution in [0.3, 0.4) is 0 Å². The second-order valence-corrected chi connectivity index (χ2v) is 7.53. The Kier molecular flexibility index (Phi) is 6.99. The first-order chi connectivity index (χ1) is 14.4. The van der Waals surface area contributed by atoms with Gasteiger partial charge in [0.2, 0.25) is 5.88 Å². The smallest absolute Gasteiger partial charge is 0.471 e. The summed E-state index contributed by atoms with van der Waals surface area (Å²) in [5, 5.41) is 12.6. The van der Waals surface area contributed by atoms with Crippen LogP contribution in [-0.2, 0) is 15.5 Å². The van der Waals surface area contributed by atoms with Gasteiger partial charge in [0.15, 0.2) is 5.76 Å². The summed E-state index contributed by atoms with van der Waals surface area (Å²) in [5.41, 5.74) is 8.29. The zero-order valence-corrected chi connectivity index (χ0v) is 16.7. The van der Waals surface area contributed by atoms with Crippen LogP contribution in [0.2, 0.25) is 0 Å². The molecule has 1 aliphatic rings. The van der Waals surface area contributed by atoms with Crippen molar-refractivity contribution >= 4 is 13.4 Å². The number of allylic oxidation sites excluding steroid dienone is 2. The molecule has 1 unspecified atom stereocenters. The number of phosphoric ester groups is 1. The van der Waals surface area contributed by atoms with E-state index in [2.05, 4.69) is 14.7 Å². The second-order valence-electron chi connectivity index (χ2n) is 6.29. The van der Waals surface area contributed by atoms with E-state index in [0.717, 1.165) is 5.56 Å². The van der Waals surface area contributed by atoms with Crippen molar-refractivity contribution in [1.29, 1.82) is 5.26 Å². The molecule has 0 bridgehead atoms. The van der Waals surface area contributed by atoms with Gasteiger partial charge in [-0.25, -0.2) is 9.55 Å². The molecule has 12 heteroatoms. The lowest BCUT2D eigenvalue weighted by Gasteiger charge is -2.30. The second kappa shape index (κ2) is 9.67. The average Bonchev–Trinajstić information content (AvgIpc) is 3.16. The van der Waals surface area contributed by atoms with Gasteiger partial charge in [-0.3, -0.25) is 4.52 Å². The van der Waals surface area contributed by atoms with Crippen LogP contribution in [0.5, 0.6) is 5.88 Å². The number of hydrogen-bond donors (Lipinski definition) is 3. The summed E-state index contributed by atoms with van der Waals surface area (Å²) in [6.07, 6.45) is 6.66. The molecule has 3 heterocycles. The number of nitrogens with zero attached hydrogens (tertiary/aromatic N) is 4. The van der Waals surface area contributed by atoms with E-state index in [0.29, 0.717) is 35.7 Å². The largest absolute Gasteiger partial charge is 0.477 e. The third-order valence-corrected chi connectivity index (χ3v) is 4.55. The van der Waals surface area contributed by atoms with Gasteiger partial charge in [0.25, 0.3) is 0 Å². The fraction of sp³-hybridized carbons (Fsp3) is 0.278. The molecule has 0 amide bonds. The summed E-state index contributed by atoms with van der Waals surface area (Å²) in [4.78, 5) is 23.3. The highest BCUT2D eigenvalue weighted by molar-refractivity contribution is 7.46. The molecule has 2 aromatic heterocycles. The molecule has 1 atom stereocenters. The van der Waals surface area contributed by atoms with Crippen molar-refractivity contribution < 1.29 is 28.1 Å². The van der Waals surface area contributed by atoms with Gasteiger partial charge in [0, 0.05) is 36.5 Å². The molecule has 0 aliphatic carbocycles. The molecule has 0 fully saturated rings. The SMILES string of the molecule is N#CCCOc1ccc(Cc2cc(C3=CC=CN(COP(=O)(O)O)C3N)on2)cn1. The van der Waals surface area contributed by atoms with E-state index in [1.165, 1.54) is 4.90 Å². The van der Waals surface area contributed by atoms with Gasteiger partial charge in [-0.05, 0) is 11.6 Å². The zero-order chi connectivity index (χ0) is 21.6. The quantitative estimate of drug-likeness (QED) is 0.387. The number of rotatable bonds is 9. The molecule has 0 aromatic carbocycles. The standard InChI is InChI=1S/C18H20N5O6P/c19-6-2-8-27-17-5-4-13(11-21-17)9-14-10-16(29-22-14)15-3-1-7-23(18(15)20)12-28-30(24,25)26/h1,3-5,7,10-11,18H,2,8-9,12,20H2,(H2,24,25,26). The molecule has 1 aliphatic heterocycles. The van der Waals surface area contributed by atoms with E-state index in [1.807, 2.05) is 12.1 Å². The van der Waals surface area contributed by atoms with E-state index >= 15 is 0 Å². The Labute approximate surface area is 172 Å². The monoisotopic (exact) mass is 433 g/mol. The molecule has 0 spiro atoms. The molecule has 3 rings (SSSR count). The first kappa shape index (κ1) is 21.7. The van der Waals surface area contributed by atoms with Gasteiger partial charge in [-0.1, -0.05) is 17.3 Å². The summed E-state index contributed by atoms with van der Waals surface area (Å²) in [6, 6.07) is 7.30. The third kappa shape index (κ3) is 6.00. The van der Waals surface area contributed by atoms with E-state index in [4.69, 9.17) is 30.0 Å². The molecule has 0 saturated carbocycles. The lowest BCUT2D eigenvalue weighted by molar-refractivity contribution is 0.110. The van der Waals surface area contributed by atoms with Crippen molar-refractivity contribution in [3.63, 3.8) is 0 Å². The van der Waals surface area contributed by atoms with Crippen LogP contribution in [0, 0.1) is 11.3 Å². The van der Waals surface area contributed by atoms with Crippen LogP contribution in [0.1, 0.15) is 23.4 Å². The Morgan fingerprint density at radius 1 is 1.40 bits per heavy atom. The molecule has 30 heavy (non-hydrogen) atoms. The lowest BCUT2D eigenvalue weighted by atomic mass is 10.1. The first-order valence-corrected chi connectivity index (χ1v) is 10.4. The van der Waals surface area contributed by atoms with E-state index in [1.54, 1.807) is 36.7 Å². The van der Waals surface area contributed by atoms with E-state index < -0.39 is 14.0 Å². The Morgan fingerprint density at radius 3 is 2.93 bits per heavy atom. The first-order valence-electron chi connectivity index (χ1n) is 8.86. The number of nitrogens with two attached hydrogens (primary N) is 1. The third-order valence-electron chi connectivity index (χ3n) is 4.09. The zero-order valence-electron chi connectivity index (χ0n) is 15.8. The molecule has 11 nitrogen and oxygen atoms in total. The Hall–Kier alpha value is -3.00. The maximum atomic E-state index is 10.9. The number of aromatic nitrogens is 2. The van der Waals surface area contributed by atoms with Crippen LogP contribution < -0.4 is 10.5 Å². The summed E-state index contributed by atoms with van der Waals surface area (Å²) < 4.78 is 26.1. The molecule has 4 N–H and O–H groups in total. The highest BCUT2D eigenvalue weighted by Crippen LogP contribution is 2.36. The summed E-state index contributed by atoms with van der Waals surface area (Å²) >= 11 is 0. The number of nitriles is 1. The minimum atomic E-state index is -4.61. The maximum Gasteiger partial charge on any atom is 0.471 e. The molecule has 0 saturated heterocycles. The van der Waals surface area contributed by atoms with Crippen LogP contribution in [0.25, 0.3) is 5.57 Å². The topological polar surface area (TPSA) is 168 Å². The number of phosphoric acid groups is 1. The average molecular weight is 433 g/mol. The minimum absolute atomic E-state index is 0.287. The van der Waals surface area contributed by atoms with Crippen molar-refractivity contribution in [1.82, 2.24) is 15.0 Å². The van der Waals surface area contributed by atoms with E-state index in [-0.39, 0.29) is 13.3 Å². The van der Waals surface area contributed by atoms with Crippen molar-refractivity contribution in [2.24, 2.45) is 5.73 Å². The molecule has 158 valence electrons. The van der Waals surface area contributed by atoms with Crippen molar-refractivity contribution in [2.45, 2.75) is 19.0 Å². The van der Waals surface area contributed by atoms with Crippen LogP contribution >= 0.6 is 7.82 Å². The van der Waals surface area contributed by atoms with Crippen LogP contribution in [0.15, 0.2) is 47.3 Å². The predicted molar refractivity (Wildman–Crippen MR) is 104 cm³/mol.